The number of esters is 1. The van der Waals surface area contributed by atoms with E-state index >= 15 is 0 Å². The Morgan fingerprint density at radius 1 is 0.946 bits per heavy atom. The van der Waals surface area contributed by atoms with Gasteiger partial charge in [-0.15, -0.1) is 0 Å². The number of alkyl carbamates (subject to hydrolysis) is 1. The van der Waals surface area contributed by atoms with E-state index in [0.717, 1.165) is 22.4 Å². The van der Waals surface area contributed by atoms with Gasteiger partial charge in [-0.05, 0) is 68.9 Å². The molecule has 0 aromatic heterocycles. The molecule has 0 aliphatic heterocycles. The standard InChI is InChI=1S/C30H43NO5Si/c1-22(19-24-17-13-14-18-26(24)36-37(8,9)30(5,6)7)20-25(31-28(33)35-29(2,3)4)27(32)34-21-23-15-11-10-12-16-23/h10-18,25H,1,19-21H2,2-9H3,(H,31,33)/t25-/m0/s1. The summed E-state index contributed by atoms with van der Waals surface area (Å²) in [5.74, 6) is 0.292. The van der Waals surface area contributed by atoms with Crippen LogP contribution in [0, 0.1) is 0 Å². The Labute approximate surface area is 223 Å². The van der Waals surface area contributed by atoms with Crippen LogP contribution in [0.4, 0.5) is 4.79 Å². The number of carbonyl (C=O) groups excluding carboxylic acids is 2. The molecular weight excluding hydrogens is 482 g/mol. The molecule has 6 nitrogen and oxygen atoms in total. The minimum absolute atomic E-state index is 0.0576. The third-order valence-corrected chi connectivity index (χ3v) is 10.6. The fraction of sp³-hybridized carbons (Fsp3) is 0.467. The van der Waals surface area contributed by atoms with Crippen LogP contribution in [-0.2, 0) is 27.3 Å². The molecule has 1 atom stereocenters. The van der Waals surface area contributed by atoms with Crippen molar-refractivity contribution in [3.63, 3.8) is 0 Å². The number of hydrogen-bond donors (Lipinski definition) is 1. The van der Waals surface area contributed by atoms with E-state index in [1.807, 2.05) is 54.6 Å². The Morgan fingerprint density at radius 2 is 1.54 bits per heavy atom. The molecule has 0 aliphatic rings. The van der Waals surface area contributed by atoms with Crippen molar-refractivity contribution in [2.75, 3.05) is 0 Å². The first-order chi connectivity index (χ1) is 17.1. The first-order valence-electron chi connectivity index (χ1n) is 12.7. The van der Waals surface area contributed by atoms with Gasteiger partial charge in [-0.2, -0.15) is 0 Å². The van der Waals surface area contributed by atoms with Crippen LogP contribution in [0.25, 0.3) is 0 Å². The van der Waals surface area contributed by atoms with E-state index in [-0.39, 0.29) is 18.1 Å². The van der Waals surface area contributed by atoms with Crippen molar-refractivity contribution in [2.45, 2.75) is 90.8 Å². The summed E-state index contributed by atoms with van der Waals surface area (Å²) in [6, 6.07) is 16.4. The molecule has 0 unspecified atom stereocenters. The highest BCUT2D eigenvalue weighted by Crippen LogP contribution is 2.38. The van der Waals surface area contributed by atoms with Crippen LogP contribution < -0.4 is 9.74 Å². The number of nitrogens with one attached hydrogen (secondary N) is 1. The zero-order valence-corrected chi connectivity index (χ0v) is 24.6. The van der Waals surface area contributed by atoms with Crippen LogP contribution in [0.3, 0.4) is 0 Å². The van der Waals surface area contributed by atoms with E-state index in [0.29, 0.717) is 6.42 Å². The fourth-order valence-corrected chi connectivity index (χ4v) is 4.34. The monoisotopic (exact) mass is 525 g/mol. The smallest absolute Gasteiger partial charge is 0.408 e. The summed E-state index contributed by atoms with van der Waals surface area (Å²) in [5, 5.41) is 2.74. The van der Waals surface area contributed by atoms with E-state index in [4.69, 9.17) is 13.9 Å². The summed E-state index contributed by atoms with van der Waals surface area (Å²) >= 11 is 0. The molecule has 37 heavy (non-hydrogen) atoms. The summed E-state index contributed by atoms with van der Waals surface area (Å²) in [6.07, 6.45) is 0.0356. The maximum Gasteiger partial charge on any atom is 0.408 e. The maximum absolute atomic E-state index is 13.0. The van der Waals surface area contributed by atoms with Crippen LogP contribution in [-0.4, -0.2) is 32.0 Å². The zero-order chi connectivity index (χ0) is 27.9. The topological polar surface area (TPSA) is 73.9 Å². The number of hydrogen-bond acceptors (Lipinski definition) is 5. The van der Waals surface area contributed by atoms with Crippen LogP contribution in [0.15, 0.2) is 66.7 Å². The minimum atomic E-state index is -2.04. The Morgan fingerprint density at radius 3 is 2.14 bits per heavy atom. The highest BCUT2D eigenvalue weighted by Gasteiger charge is 2.39. The maximum atomic E-state index is 13.0. The highest BCUT2D eigenvalue weighted by atomic mass is 28.4. The van der Waals surface area contributed by atoms with Crippen molar-refractivity contribution in [1.29, 1.82) is 0 Å². The lowest BCUT2D eigenvalue weighted by molar-refractivity contribution is -0.147. The molecule has 0 saturated carbocycles. The molecule has 2 rings (SSSR count). The lowest BCUT2D eigenvalue weighted by Gasteiger charge is -2.37. The molecule has 0 bridgehead atoms. The third kappa shape index (κ3) is 10.1. The first-order valence-corrected chi connectivity index (χ1v) is 15.6. The number of amides is 1. The molecule has 0 saturated heterocycles. The normalized spacial score (nSPS) is 12.9. The van der Waals surface area contributed by atoms with Crippen molar-refractivity contribution in [1.82, 2.24) is 5.32 Å². The molecule has 0 fully saturated rings. The third-order valence-electron chi connectivity index (χ3n) is 6.28. The molecule has 2 aromatic rings. The largest absolute Gasteiger partial charge is 0.543 e. The van der Waals surface area contributed by atoms with Gasteiger partial charge in [0, 0.05) is 0 Å². The Bertz CT molecular complexity index is 1070. The van der Waals surface area contributed by atoms with Gasteiger partial charge in [0.15, 0.2) is 0 Å². The van der Waals surface area contributed by atoms with Crippen LogP contribution >= 0.6 is 0 Å². The molecule has 2 aromatic carbocycles. The number of para-hydroxylation sites is 1. The summed E-state index contributed by atoms with van der Waals surface area (Å²) in [5.41, 5.74) is 1.93. The van der Waals surface area contributed by atoms with Gasteiger partial charge in [0.25, 0.3) is 0 Å². The van der Waals surface area contributed by atoms with Crippen LogP contribution in [0.1, 0.15) is 59.1 Å². The van der Waals surface area contributed by atoms with Gasteiger partial charge in [0.2, 0.25) is 8.32 Å². The van der Waals surface area contributed by atoms with Crippen molar-refractivity contribution in [2.24, 2.45) is 0 Å². The number of rotatable bonds is 10. The minimum Gasteiger partial charge on any atom is -0.543 e. The SMILES string of the molecule is C=C(Cc1ccccc1O[Si](C)(C)C(C)(C)C)C[C@H](NC(=O)OC(C)(C)C)C(=O)OCc1ccccc1. The molecule has 0 spiro atoms. The lowest BCUT2D eigenvalue weighted by Crippen LogP contribution is -2.44. The number of ether oxygens (including phenoxy) is 2. The van der Waals surface area contributed by atoms with Crippen molar-refractivity contribution >= 4 is 20.4 Å². The molecule has 7 heteroatoms. The van der Waals surface area contributed by atoms with E-state index in [1.54, 1.807) is 20.8 Å². The predicted octanol–water partition coefficient (Wildman–Crippen LogP) is 7.20. The molecule has 1 N–H and O–H groups in total. The Hall–Kier alpha value is -3.06. The van der Waals surface area contributed by atoms with Gasteiger partial charge in [-0.25, -0.2) is 9.59 Å². The second-order valence-corrected chi connectivity index (χ2v) is 16.6. The van der Waals surface area contributed by atoms with Crippen LogP contribution in [0.2, 0.25) is 18.1 Å². The Kier molecular flexibility index (Phi) is 10.2. The summed E-state index contributed by atoms with van der Waals surface area (Å²) in [7, 11) is -2.04. The zero-order valence-electron chi connectivity index (χ0n) is 23.6. The number of benzene rings is 2. The molecular formula is C30H43NO5Si. The lowest BCUT2D eigenvalue weighted by atomic mass is 9.99. The summed E-state index contributed by atoms with van der Waals surface area (Å²) < 4.78 is 17.5. The van der Waals surface area contributed by atoms with Crippen molar-refractivity contribution in [3.05, 3.63) is 77.9 Å². The quantitative estimate of drug-likeness (QED) is 0.202. The molecule has 202 valence electrons. The second kappa shape index (κ2) is 12.5. The average Bonchev–Trinajstić information content (AvgIpc) is 2.77. The van der Waals surface area contributed by atoms with Gasteiger partial charge < -0.3 is 19.2 Å². The number of carbonyl (C=O) groups is 2. The first kappa shape index (κ1) is 30.2. The van der Waals surface area contributed by atoms with E-state index < -0.39 is 32.0 Å². The summed E-state index contributed by atoms with van der Waals surface area (Å²) in [4.78, 5) is 25.5. The average molecular weight is 526 g/mol. The van der Waals surface area contributed by atoms with Gasteiger partial charge in [-0.1, -0.05) is 81.5 Å². The highest BCUT2D eigenvalue weighted by molar-refractivity contribution is 6.74. The molecule has 1 amide bonds. The van der Waals surface area contributed by atoms with E-state index in [1.165, 1.54) is 0 Å². The summed E-state index contributed by atoms with van der Waals surface area (Å²) in [6.45, 7) is 20.7. The second-order valence-electron chi connectivity index (χ2n) is 11.9. The van der Waals surface area contributed by atoms with Gasteiger partial charge in [0.1, 0.15) is 24.0 Å². The van der Waals surface area contributed by atoms with E-state index in [9.17, 15) is 9.59 Å². The molecule has 0 heterocycles. The molecule has 0 aliphatic carbocycles. The van der Waals surface area contributed by atoms with Gasteiger partial charge >= 0.3 is 12.1 Å². The van der Waals surface area contributed by atoms with Crippen molar-refractivity contribution in [3.8, 4) is 5.75 Å². The Balaban J connectivity index is 2.16. The van der Waals surface area contributed by atoms with E-state index in [2.05, 4.69) is 45.8 Å². The fourth-order valence-electron chi connectivity index (χ4n) is 3.28. The predicted molar refractivity (Wildman–Crippen MR) is 151 cm³/mol. The van der Waals surface area contributed by atoms with Crippen LogP contribution in [0.5, 0.6) is 5.75 Å². The van der Waals surface area contributed by atoms with Gasteiger partial charge in [-0.3, -0.25) is 0 Å². The van der Waals surface area contributed by atoms with Gasteiger partial charge in [0.05, 0.1) is 0 Å². The van der Waals surface area contributed by atoms with Crippen molar-refractivity contribution < 1.29 is 23.5 Å². The molecule has 0 radical (unpaired) electrons.